The van der Waals surface area contributed by atoms with Crippen LogP contribution < -0.4 is 5.73 Å². The molecule has 0 saturated carbocycles. The van der Waals surface area contributed by atoms with Gasteiger partial charge in [-0.2, -0.15) is 13.2 Å². The summed E-state index contributed by atoms with van der Waals surface area (Å²) < 4.78 is 146. The van der Waals surface area contributed by atoms with Gasteiger partial charge in [0.15, 0.2) is 0 Å². The van der Waals surface area contributed by atoms with Gasteiger partial charge < -0.3 is 40.0 Å². The number of rotatable bonds is 5. The first-order valence-electron chi connectivity index (χ1n) is 27.9. The van der Waals surface area contributed by atoms with Crippen molar-refractivity contribution in [3.8, 4) is 0 Å². The Morgan fingerprint density at radius 2 is 1.11 bits per heavy atom. The van der Waals surface area contributed by atoms with E-state index in [0.29, 0.717) is 16.3 Å². The van der Waals surface area contributed by atoms with Crippen LogP contribution in [0.2, 0.25) is 25.7 Å². The van der Waals surface area contributed by atoms with Crippen molar-refractivity contribution in [1.82, 2.24) is 14.7 Å². The minimum atomic E-state index is -4.64. The molecule has 3 fully saturated rings. The molecule has 65 heavy (non-hydrogen) atoms. The smallest absolute Gasteiger partial charge is 0.444 e. The molecule has 4 N–H and O–H groups in total. The number of alkyl halides is 3. The van der Waals surface area contributed by atoms with E-state index in [9.17, 15) is 33.0 Å². The van der Waals surface area contributed by atoms with E-state index >= 15 is 0 Å². The largest absolute Gasteiger partial charge is 0.446 e. The molecule has 0 bridgehead atoms. The highest BCUT2D eigenvalue weighted by atomic mass is 28.3. The molecule has 12 nitrogen and oxygen atoms in total. The Balaban J connectivity index is 0. The van der Waals surface area contributed by atoms with Crippen LogP contribution in [0.4, 0.5) is 22.8 Å². The van der Waals surface area contributed by atoms with Gasteiger partial charge >= 0.3 is 18.4 Å². The molecule has 372 valence electrons. The van der Waals surface area contributed by atoms with Crippen molar-refractivity contribution in [2.75, 3.05) is 39.0 Å². The lowest BCUT2D eigenvalue weighted by Crippen LogP contribution is -2.42. The standard InChI is InChI=1S/C12H17NO.C11H21NO2.C10H19NO3.C7H9N.C6H14Si.C2HF3O.CH2O/c14-12-6-8-13(9-7-12)10-11-4-2-1-3-5-11;1-9-5-7-12(8-6-9)10(13)14-11(2,3)4;1-10(2,3)14-9(13)11-6-4-8(12)5-7-11;8-6-7-4-2-1-3-5-7;1-5-6-7(2,3)4;3-2(4,5)1-6;1-2/h1-5,12,14H,6-10H2;9H,5-8H2,1-4H3;8,12H,4-7H2,1-3H3;1-5H,6,8H2;5H,1,6H2,2-4H3;1H;1H2/i8D2,9D2;7D2,8D2;6D2,7D2;;;;1D2. The Morgan fingerprint density at radius 3 is 1.38 bits per heavy atom. The number of piperidine rings is 3. The quantitative estimate of drug-likeness (QED) is 0.149. The summed E-state index contributed by atoms with van der Waals surface area (Å²) in [5.41, 5.74) is 5.79. The maximum Gasteiger partial charge on any atom is 0.446 e. The third-order valence-electron chi connectivity index (χ3n) is 7.51. The van der Waals surface area contributed by atoms with E-state index in [-0.39, 0.29) is 51.0 Å². The molecule has 3 aliphatic rings. The first-order chi connectivity index (χ1) is 35.3. The Bertz CT molecular complexity index is 2050. The molecule has 3 aliphatic heterocycles. The molecule has 5 rings (SSSR count). The number of aliphatic hydroxyl groups excluding tert-OH is 2. The maximum absolute atomic E-state index is 12.0. The molecule has 2 amide bonds. The average Bonchev–Trinajstić information content (AvgIpc) is 3.19. The number of nitrogens with zero attached hydrogens (tertiary/aromatic N) is 3. The van der Waals surface area contributed by atoms with E-state index in [2.05, 4.69) is 26.2 Å². The zero-order chi connectivity index (χ0) is 62.6. The normalized spacial score (nSPS) is 23.9. The van der Waals surface area contributed by atoms with Gasteiger partial charge in [-0.25, -0.2) is 9.59 Å². The molecule has 2 aromatic rings. The SMILES string of the molecule is C=CC[Si](C)(C)C.NCc1ccccc1.O=CC(F)(F)F.[2H]C([2H])=O.[2H]C1([2H])CC(C)CC([2H])([2H])N1C(=O)OC(C)(C)C.[2H]C1([2H])CC(O)CC([2H])([2H])N1C(=O)OC(C)(C)C.[2H]C1([2H])CC(O)CC([2H])([2H])N1Cc1ccccc1. The van der Waals surface area contributed by atoms with E-state index in [4.69, 9.17) is 44.0 Å². The number of allylic oxidation sites excluding steroid dienone is 1. The summed E-state index contributed by atoms with van der Waals surface area (Å²) >= 11 is 0. The van der Waals surface area contributed by atoms with E-state index < -0.39 is 102 Å². The molecule has 0 radical (unpaired) electrons. The van der Waals surface area contributed by atoms with Crippen LogP contribution in [0.25, 0.3) is 0 Å². The Hall–Kier alpha value is -4.09. The number of benzene rings is 2. The van der Waals surface area contributed by atoms with Crippen LogP contribution >= 0.6 is 0 Å². The number of ether oxygens (including phenoxy) is 2. The van der Waals surface area contributed by atoms with Gasteiger partial charge in [0.2, 0.25) is 6.29 Å². The predicted molar refractivity (Wildman–Crippen MR) is 258 cm³/mol. The monoisotopic (exact) mass is 955 g/mol. The zero-order valence-corrected chi connectivity index (χ0v) is 40.6. The molecule has 2 aromatic carbocycles. The molecular weight excluding hydrogens is 858 g/mol. The van der Waals surface area contributed by atoms with Gasteiger partial charge in [-0.05, 0) is 103 Å². The summed E-state index contributed by atoms with van der Waals surface area (Å²) in [6, 6.07) is 20.5. The maximum atomic E-state index is 12.0. The topological polar surface area (TPSA) is 163 Å². The van der Waals surface area contributed by atoms with E-state index in [0.717, 1.165) is 5.56 Å². The lowest BCUT2D eigenvalue weighted by Gasteiger charge is -2.32. The first kappa shape index (κ1) is 41.1. The van der Waals surface area contributed by atoms with Gasteiger partial charge in [0.1, 0.15) is 20.7 Å². The van der Waals surface area contributed by atoms with Crippen LogP contribution in [0.3, 0.4) is 0 Å². The number of amides is 2. The Morgan fingerprint density at radius 1 is 0.769 bits per heavy atom. The van der Waals surface area contributed by atoms with Crippen molar-refractivity contribution >= 4 is 33.3 Å². The van der Waals surface area contributed by atoms with Crippen molar-refractivity contribution < 1.29 is 71.2 Å². The van der Waals surface area contributed by atoms with Crippen molar-refractivity contribution in [3.63, 3.8) is 0 Å². The fraction of sp³-hybridized carbons (Fsp3) is 0.633. The van der Waals surface area contributed by atoms with Crippen LogP contribution in [0.5, 0.6) is 0 Å². The summed E-state index contributed by atoms with van der Waals surface area (Å²) in [4.78, 5) is 43.6. The number of hydrogen-bond donors (Lipinski definition) is 3. The number of nitrogens with two attached hydrogens (primary N) is 1. The summed E-state index contributed by atoms with van der Waals surface area (Å²) in [5.74, 6) is -0.117. The highest BCUT2D eigenvalue weighted by molar-refractivity contribution is 6.76. The second-order valence-corrected chi connectivity index (χ2v) is 23.2. The number of carbonyl (C=O) groups is 4. The fourth-order valence-electron chi connectivity index (χ4n) is 4.50. The van der Waals surface area contributed by atoms with E-state index in [1.807, 2.05) is 66.7 Å². The molecular formula is C49H83F3N4O8Si. The molecule has 0 aliphatic carbocycles. The molecule has 3 saturated heterocycles. The van der Waals surface area contributed by atoms with Crippen molar-refractivity contribution in [1.29, 1.82) is 0 Å². The lowest BCUT2D eigenvalue weighted by atomic mass is 10.00. The van der Waals surface area contributed by atoms with Crippen LogP contribution in [-0.2, 0) is 32.2 Å². The minimum absolute atomic E-state index is 0.0562. The number of carbonyl (C=O) groups excluding carboxylic acids is 4. The third-order valence-corrected chi connectivity index (χ3v) is 9.02. The lowest BCUT2D eigenvalue weighted by molar-refractivity contribution is -0.156. The van der Waals surface area contributed by atoms with Crippen LogP contribution in [-0.4, -0.2) is 127 Å². The number of aliphatic hydroxyl groups is 2. The molecule has 3 heterocycles. The summed E-state index contributed by atoms with van der Waals surface area (Å²) in [6.45, 7) is 9.59. The zero-order valence-electron chi connectivity index (χ0n) is 53.6. The number of likely N-dealkylation sites (tertiary alicyclic amines) is 3. The van der Waals surface area contributed by atoms with Crippen LogP contribution in [0.15, 0.2) is 73.3 Å². The Kier molecular flexibility index (Phi) is 21.1. The summed E-state index contributed by atoms with van der Waals surface area (Å²) in [6.07, 6.45) is -8.25. The van der Waals surface area contributed by atoms with Gasteiger partial charge in [0.05, 0.1) is 12.2 Å². The number of hydrogen-bond acceptors (Lipinski definition) is 10. The summed E-state index contributed by atoms with van der Waals surface area (Å²) in [5, 5.41) is 19.0. The van der Waals surface area contributed by atoms with Crippen molar-refractivity contribution in [3.05, 3.63) is 84.4 Å². The van der Waals surface area contributed by atoms with Gasteiger partial charge in [-0.3, -0.25) is 9.69 Å². The number of halogens is 3. The molecule has 0 aromatic heterocycles. The third kappa shape index (κ3) is 37.8. The van der Waals surface area contributed by atoms with E-state index in [1.165, 1.54) is 16.5 Å². The highest BCUT2D eigenvalue weighted by Gasteiger charge is 2.27. The molecule has 0 spiro atoms. The van der Waals surface area contributed by atoms with Gasteiger partial charge in [-0.1, -0.05) is 93.3 Å². The number of aldehydes is 1. The highest BCUT2D eigenvalue weighted by Crippen LogP contribution is 2.19. The average molecular weight is 955 g/mol. The Labute approximate surface area is 409 Å². The molecule has 0 atom stereocenters. The van der Waals surface area contributed by atoms with Gasteiger partial charge in [0, 0.05) is 76.6 Å². The van der Waals surface area contributed by atoms with Gasteiger partial charge in [-0.15, -0.1) is 6.58 Å². The van der Waals surface area contributed by atoms with Crippen LogP contribution in [0, 0.1) is 5.92 Å². The van der Waals surface area contributed by atoms with Crippen molar-refractivity contribution in [2.45, 2.75) is 155 Å². The molecule has 16 heteroatoms. The molecule has 0 unspecified atom stereocenters. The summed E-state index contributed by atoms with van der Waals surface area (Å²) in [7, 11) is -0.775. The fourth-order valence-corrected chi connectivity index (χ4v) is 5.37. The van der Waals surface area contributed by atoms with E-state index in [1.54, 1.807) is 48.5 Å². The predicted octanol–water partition coefficient (Wildman–Crippen LogP) is 9.89. The first-order valence-corrected chi connectivity index (χ1v) is 24.6. The second kappa shape index (κ2) is 33.4. The van der Waals surface area contributed by atoms with Crippen LogP contribution in [0.1, 0.15) is 117 Å². The van der Waals surface area contributed by atoms with Gasteiger partial charge in [0.25, 0.3) is 0 Å². The second-order valence-electron chi connectivity index (χ2n) is 17.7. The van der Waals surface area contributed by atoms with Crippen molar-refractivity contribution in [2.24, 2.45) is 11.7 Å². The minimum Gasteiger partial charge on any atom is -0.444 e.